The highest BCUT2D eigenvalue weighted by Gasteiger charge is 2.03. The number of carbonyl (C=O) groups is 1. The van der Waals surface area contributed by atoms with Crippen molar-refractivity contribution in [2.45, 2.75) is 0 Å². The Kier molecular flexibility index (Phi) is 3.30. The lowest BCUT2D eigenvalue weighted by molar-refractivity contribution is 0.100. The molecule has 86 valence electrons. The highest BCUT2D eigenvalue weighted by atomic mass is 35.5. The number of amides is 1. The molecule has 17 heavy (non-hydrogen) atoms. The molecule has 0 radical (unpaired) electrons. The van der Waals surface area contributed by atoms with Crippen molar-refractivity contribution in [3.05, 3.63) is 59.1 Å². The second-order valence-electron chi connectivity index (χ2n) is 3.42. The summed E-state index contributed by atoms with van der Waals surface area (Å²) in [5, 5.41) is 0.534. The molecule has 0 spiro atoms. The van der Waals surface area contributed by atoms with Crippen LogP contribution in [0.5, 0.6) is 11.5 Å². The molecule has 2 aromatic carbocycles. The van der Waals surface area contributed by atoms with Gasteiger partial charge in [-0.25, -0.2) is 0 Å². The van der Waals surface area contributed by atoms with Crippen molar-refractivity contribution < 1.29 is 9.53 Å². The summed E-state index contributed by atoms with van der Waals surface area (Å²) < 4.78 is 5.56. The Balaban J connectivity index is 2.20. The highest BCUT2D eigenvalue weighted by Crippen LogP contribution is 2.28. The third kappa shape index (κ3) is 2.77. The van der Waals surface area contributed by atoms with Crippen molar-refractivity contribution in [1.82, 2.24) is 0 Å². The van der Waals surface area contributed by atoms with Crippen molar-refractivity contribution in [2.75, 3.05) is 0 Å². The van der Waals surface area contributed by atoms with Gasteiger partial charge in [-0.15, -0.1) is 0 Å². The van der Waals surface area contributed by atoms with E-state index >= 15 is 0 Å². The van der Waals surface area contributed by atoms with Crippen LogP contribution in [0.1, 0.15) is 10.4 Å². The lowest BCUT2D eigenvalue weighted by Crippen LogP contribution is -2.10. The molecule has 2 aromatic rings. The van der Waals surface area contributed by atoms with Crippen LogP contribution in [0.2, 0.25) is 5.02 Å². The Labute approximate surface area is 104 Å². The Morgan fingerprint density at radius 1 is 1.06 bits per heavy atom. The molecule has 0 fully saturated rings. The summed E-state index contributed by atoms with van der Waals surface area (Å²) in [6, 6.07) is 13.7. The number of benzene rings is 2. The first-order chi connectivity index (χ1) is 8.16. The zero-order valence-corrected chi connectivity index (χ0v) is 9.65. The standard InChI is InChI=1S/C13H10ClNO2/c14-11-3-1-2-4-12(11)17-10-7-5-9(6-8-10)13(15)16/h1-8H,(H2,15,16). The third-order valence-corrected chi connectivity index (χ3v) is 2.52. The second-order valence-corrected chi connectivity index (χ2v) is 3.83. The number of para-hydroxylation sites is 1. The molecule has 0 aliphatic carbocycles. The molecular formula is C13H10ClNO2. The van der Waals surface area contributed by atoms with Gasteiger partial charge >= 0.3 is 0 Å². The van der Waals surface area contributed by atoms with Gasteiger partial charge in [0.2, 0.25) is 5.91 Å². The van der Waals surface area contributed by atoms with Crippen LogP contribution in [0.4, 0.5) is 0 Å². The summed E-state index contributed by atoms with van der Waals surface area (Å²) in [5.41, 5.74) is 5.58. The summed E-state index contributed by atoms with van der Waals surface area (Å²) in [4.78, 5) is 10.9. The van der Waals surface area contributed by atoms with Crippen LogP contribution >= 0.6 is 11.6 Å². The van der Waals surface area contributed by atoms with E-state index in [0.29, 0.717) is 22.1 Å². The minimum Gasteiger partial charge on any atom is -0.456 e. The molecule has 0 aliphatic heterocycles. The summed E-state index contributed by atoms with van der Waals surface area (Å²) in [6.07, 6.45) is 0. The van der Waals surface area contributed by atoms with Crippen molar-refractivity contribution in [2.24, 2.45) is 5.73 Å². The van der Waals surface area contributed by atoms with Gasteiger partial charge in [0, 0.05) is 5.56 Å². The molecule has 0 saturated carbocycles. The zero-order valence-electron chi connectivity index (χ0n) is 8.89. The monoisotopic (exact) mass is 247 g/mol. The molecule has 0 aromatic heterocycles. The number of hydrogen-bond acceptors (Lipinski definition) is 2. The number of nitrogens with two attached hydrogens (primary N) is 1. The SMILES string of the molecule is NC(=O)c1ccc(Oc2ccccc2Cl)cc1. The van der Waals surface area contributed by atoms with E-state index in [1.165, 1.54) is 0 Å². The van der Waals surface area contributed by atoms with Gasteiger partial charge in [-0.2, -0.15) is 0 Å². The predicted octanol–water partition coefficient (Wildman–Crippen LogP) is 3.23. The van der Waals surface area contributed by atoms with Crippen molar-refractivity contribution in [3.63, 3.8) is 0 Å². The lowest BCUT2D eigenvalue weighted by Gasteiger charge is -2.07. The zero-order chi connectivity index (χ0) is 12.3. The summed E-state index contributed by atoms with van der Waals surface area (Å²) in [5.74, 6) is 0.707. The normalized spacial score (nSPS) is 9.94. The molecule has 1 amide bonds. The summed E-state index contributed by atoms with van der Waals surface area (Å²) in [7, 11) is 0. The number of halogens is 1. The molecule has 0 unspecified atom stereocenters. The van der Waals surface area contributed by atoms with Gasteiger partial charge in [0.1, 0.15) is 11.5 Å². The van der Waals surface area contributed by atoms with Crippen LogP contribution in [-0.2, 0) is 0 Å². The number of hydrogen-bond donors (Lipinski definition) is 1. The molecule has 2 rings (SSSR count). The molecule has 2 N–H and O–H groups in total. The fraction of sp³-hybridized carbons (Fsp3) is 0. The Hall–Kier alpha value is -2.00. The van der Waals surface area contributed by atoms with E-state index in [1.54, 1.807) is 36.4 Å². The third-order valence-electron chi connectivity index (χ3n) is 2.20. The smallest absolute Gasteiger partial charge is 0.248 e. The van der Waals surface area contributed by atoms with Gasteiger partial charge in [-0.1, -0.05) is 23.7 Å². The molecule has 0 saturated heterocycles. The first kappa shape index (κ1) is 11.5. The minimum absolute atomic E-state index is 0.441. The molecule has 0 heterocycles. The minimum atomic E-state index is -0.464. The molecule has 3 nitrogen and oxygen atoms in total. The van der Waals surface area contributed by atoms with Crippen LogP contribution in [0.15, 0.2) is 48.5 Å². The van der Waals surface area contributed by atoms with Crippen molar-refractivity contribution in [1.29, 1.82) is 0 Å². The van der Waals surface area contributed by atoms with Crippen LogP contribution in [0.25, 0.3) is 0 Å². The van der Waals surface area contributed by atoms with Gasteiger partial charge in [0.05, 0.1) is 5.02 Å². The van der Waals surface area contributed by atoms with Crippen molar-refractivity contribution in [3.8, 4) is 11.5 Å². The van der Waals surface area contributed by atoms with Gasteiger partial charge in [-0.05, 0) is 36.4 Å². The molecule has 0 aliphatic rings. The quantitative estimate of drug-likeness (QED) is 0.905. The van der Waals surface area contributed by atoms with Crippen molar-refractivity contribution >= 4 is 17.5 Å². The van der Waals surface area contributed by atoms with Crippen LogP contribution in [-0.4, -0.2) is 5.91 Å². The Morgan fingerprint density at radius 3 is 2.29 bits per heavy atom. The number of carbonyl (C=O) groups excluding carboxylic acids is 1. The number of rotatable bonds is 3. The number of ether oxygens (including phenoxy) is 1. The number of primary amides is 1. The molecule has 4 heteroatoms. The van der Waals surface area contributed by atoms with Gasteiger partial charge in [-0.3, -0.25) is 4.79 Å². The largest absolute Gasteiger partial charge is 0.456 e. The van der Waals surface area contributed by atoms with Crippen LogP contribution in [0, 0.1) is 0 Å². The molecular weight excluding hydrogens is 238 g/mol. The maximum Gasteiger partial charge on any atom is 0.248 e. The second kappa shape index (κ2) is 4.89. The van der Waals surface area contributed by atoms with Gasteiger partial charge in [0.25, 0.3) is 0 Å². The first-order valence-corrected chi connectivity index (χ1v) is 5.37. The Bertz CT molecular complexity index is 537. The lowest BCUT2D eigenvalue weighted by atomic mass is 10.2. The fourth-order valence-corrected chi connectivity index (χ4v) is 1.52. The molecule has 0 atom stereocenters. The van der Waals surface area contributed by atoms with Crippen LogP contribution < -0.4 is 10.5 Å². The van der Waals surface area contributed by atoms with E-state index in [-0.39, 0.29) is 0 Å². The summed E-state index contributed by atoms with van der Waals surface area (Å²) >= 11 is 5.96. The van der Waals surface area contributed by atoms with E-state index in [9.17, 15) is 4.79 Å². The van der Waals surface area contributed by atoms with Crippen LogP contribution in [0.3, 0.4) is 0 Å². The average molecular weight is 248 g/mol. The topological polar surface area (TPSA) is 52.3 Å². The Morgan fingerprint density at radius 2 is 1.71 bits per heavy atom. The summed E-state index contributed by atoms with van der Waals surface area (Å²) in [6.45, 7) is 0. The van der Waals surface area contributed by atoms with E-state index in [4.69, 9.17) is 22.1 Å². The average Bonchev–Trinajstić information content (AvgIpc) is 2.33. The fourth-order valence-electron chi connectivity index (χ4n) is 1.34. The van der Waals surface area contributed by atoms with E-state index < -0.39 is 5.91 Å². The van der Waals surface area contributed by atoms with E-state index in [2.05, 4.69) is 0 Å². The predicted molar refractivity (Wildman–Crippen MR) is 66.5 cm³/mol. The maximum atomic E-state index is 10.9. The van der Waals surface area contributed by atoms with E-state index in [0.717, 1.165) is 0 Å². The van der Waals surface area contributed by atoms with Gasteiger partial charge in [0.15, 0.2) is 0 Å². The molecule has 0 bridgehead atoms. The maximum absolute atomic E-state index is 10.9. The van der Waals surface area contributed by atoms with Gasteiger partial charge < -0.3 is 10.5 Å². The first-order valence-electron chi connectivity index (χ1n) is 4.99. The van der Waals surface area contributed by atoms with E-state index in [1.807, 2.05) is 12.1 Å². The highest BCUT2D eigenvalue weighted by molar-refractivity contribution is 6.32.